The lowest BCUT2D eigenvalue weighted by Gasteiger charge is -2.05. The van der Waals surface area contributed by atoms with Gasteiger partial charge in [0.2, 0.25) is 0 Å². The van der Waals surface area contributed by atoms with E-state index in [1.807, 2.05) is 32.0 Å². The van der Waals surface area contributed by atoms with Crippen LogP contribution in [0.3, 0.4) is 0 Å². The third-order valence-corrected chi connectivity index (χ3v) is 3.75. The molecule has 0 radical (unpaired) electrons. The molecule has 1 aromatic heterocycles. The van der Waals surface area contributed by atoms with Gasteiger partial charge in [-0.1, -0.05) is 35.4 Å². The molecule has 0 aliphatic rings. The highest BCUT2D eigenvalue weighted by molar-refractivity contribution is 7.10. The number of rotatable bonds is 2. The summed E-state index contributed by atoms with van der Waals surface area (Å²) < 4.78 is 3.90. The molecular weight excluding hydrogens is 258 g/mol. The average molecular weight is 268 g/mol. The lowest BCUT2D eigenvalue weighted by Crippen LogP contribution is -1.97. The Morgan fingerprint density at radius 1 is 1.41 bits per heavy atom. The van der Waals surface area contributed by atoms with Crippen LogP contribution in [0.5, 0.6) is 0 Å². The predicted molar refractivity (Wildman–Crippen MR) is 69.0 cm³/mol. The van der Waals surface area contributed by atoms with Crippen molar-refractivity contribution in [1.29, 1.82) is 0 Å². The van der Waals surface area contributed by atoms with Crippen LogP contribution in [-0.2, 0) is 0 Å². The van der Waals surface area contributed by atoms with E-state index in [1.54, 1.807) is 0 Å². The molecule has 0 saturated heterocycles. The summed E-state index contributed by atoms with van der Waals surface area (Å²) in [5, 5.41) is 9.18. The smallest absolute Gasteiger partial charge is 0.340 e. The maximum atomic E-state index is 11.1. The molecule has 0 fully saturated rings. The number of carbonyl (C=O) groups is 1. The highest BCUT2D eigenvalue weighted by atomic mass is 35.5. The van der Waals surface area contributed by atoms with Crippen molar-refractivity contribution in [2.75, 3.05) is 0 Å². The molecule has 5 heteroatoms. The van der Waals surface area contributed by atoms with Crippen LogP contribution in [0.15, 0.2) is 18.2 Å². The van der Waals surface area contributed by atoms with Crippen LogP contribution in [0, 0.1) is 13.8 Å². The van der Waals surface area contributed by atoms with Gasteiger partial charge in [-0.05, 0) is 36.5 Å². The minimum Gasteiger partial charge on any atom is -0.478 e. The van der Waals surface area contributed by atoms with Crippen LogP contribution in [0.2, 0.25) is 5.15 Å². The molecule has 0 bridgehead atoms. The van der Waals surface area contributed by atoms with E-state index in [0.717, 1.165) is 28.2 Å². The van der Waals surface area contributed by atoms with Gasteiger partial charge in [0.05, 0.1) is 4.88 Å². The van der Waals surface area contributed by atoms with Crippen molar-refractivity contribution in [1.82, 2.24) is 4.37 Å². The number of benzene rings is 1. The van der Waals surface area contributed by atoms with Crippen LogP contribution in [0.4, 0.5) is 0 Å². The van der Waals surface area contributed by atoms with Crippen LogP contribution < -0.4 is 0 Å². The lowest BCUT2D eigenvalue weighted by molar-refractivity contribution is 0.0698. The Morgan fingerprint density at radius 2 is 2.12 bits per heavy atom. The summed E-state index contributed by atoms with van der Waals surface area (Å²) in [6.07, 6.45) is 0. The van der Waals surface area contributed by atoms with E-state index in [9.17, 15) is 4.79 Å². The normalized spacial score (nSPS) is 10.5. The summed E-state index contributed by atoms with van der Waals surface area (Å²) in [7, 11) is 0. The van der Waals surface area contributed by atoms with Crippen molar-refractivity contribution in [2.24, 2.45) is 0 Å². The summed E-state index contributed by atoms with van der Waals surface area (Å²) in [6, 6.07) is 5.86. The lowest BCUT2D eigenvalue weighted by atomic mass is 10.0. The van der Waals surface area contributed by atoms with Crippen molar-refractivity contribution in [3.63, 3.8) is 0 Å². The van der Waals surface area contributed by atoms with E-state index in [1.165, 1.54) is 0 Å². The Hall–Kier alpha value is -1.39. The molecule has 0 saturated carbocycles. The maximum Gasteiger partial charge on any atom is 0.340 e. The van der Waals surface area contributed by atoms with Gasteiger partial charge in [-0.15, -0.1) is 0 Å². The third-order valence-electron chi connectivity index (χ3n) is 2.49. The summed E-state index contributed by atoms with van der Waals surface area (Å²) in [6.45, 7) is 3.94. The Kier molecular flexibility index (Phi) is 3.17. The molecule has 1 heterocycles. The van der Waals surface area contributed by atoms with Gasteiger partial charge in [0.1, 0.15) is 5.56 Å². The highest BCUT2D eigenvalue weighted by Gasteiger charge is 2.21. The number of aromatic nitrogens is 1. The first-order chi connectivity index (χ1) is 8.00. The number of aryl methyl sites for hydroxylation is 2. The van der Waals surface area contributed by atoms with Gasteiger partial charge >= 0.3 is 5.97 Å². The van der Waals surface area contributed by atoms with Gasteiger partial charge in [-0.25, -0.2) is 4.79 Å². The highest BCUT2D eigenvalue weighted by Crippen LogP contribution is 2.35. The molecule has 2 rings (SSSR count). The quantitative estimate of drug-likeness (QED) is 0.901. The zero-order valence-electron chi connectivity index (χ0n) is 9.32. The van der Waals surface area contributed by atoms with Crippen molar-refractivity contribution in [2.45, 2.75) is 13.8 Å². The molecule has 88 valence electrons. The van der Waals surface area contributed by atoms with Crippen LogP contribution in [0.25, 0.3) is 10.4 Å². The Balaban J connectivity index is 2.65. The monoisotopic (exact) mass is 267 g/mol. The van der Waals surface area contributed by atoms with Gasteiger partial charge in [-0.2, -0.15) is 4.37 Å². The molecule has 0 aliphatic carbocycles. The number of halogens is 1. The van der Waals surface area contributed by atoms with E-state index in [2.05, 4.69) is 4.37 Å². The molecule has 0 unspecified atom stereocenters. The largest absolute Gasteiger partial charge is 0.478 e. The molecule has 1 aromatic carbocycles. The Labute approximate surface area is 108 Å². The topological polar surface area (TPSA) is 50.2 Å². The second kappa shape index (κ2) is 4.47. The molecule has 3 nitrogen and oxygen atoms in total. The van der Waals surface area contributed by atoms with Gasteiger partial charge in [-0.3, -0.25) is 0 Å². The van der Waals surface area contributed by atoms with Crippen molar-refractivity contribution >= 4 is 29.1 Å². The number of hydrogen-bond acceptors (Lipinski definition) is 3. The van der Waals surface area contributed by atoms with Gasteiger partial charge in [0, 0.05) is 0 Å². The second-order valence-electron chi connectivity index (χ2n) is 3.80. The summed E-state index contributed by atoms with van der Waals surface area (Å²) in [5.41, 5.74) is 3.12. The van der Waals surface area contributed by atoms with Gasteiger partial charge < -0.3 is 5.11 Å². The Morgan fingerprint density at radius 3 is 2.71 bits per heavy atom. The number of hydrogen-bond donors (Lipinski definition) is 1. The fourth-order valence-corrected chi connectivity index (χ4v) is 2.91. The molecule has 0 amide bonds. The first-order valence-electron chi connectivity index (χ1n) is 4.97. The molecule has 0 aliphatic heterocycles. The first-order valence-corrected chi connectivity index (χ1v) is 6.12. The van der Waals surface area contributed by atoms with E-state index in [-0.39, 0.29) is 10.7 Å². The zero-order chi connectivity index (χ0) is 12.6. The third kappa shape index (κ3) is 2.18. The molecule has 0 spiro atoms. The number of carboxylic acid groups (broad SMARTS) is 1. The summed E-state index contributed by atoms with van der Waals surface area (Å²) in [5.74, 6) is -1.04. The number of aromatic carboxylic acids is 1. The molecular formula is C12H10ClNO2S. The minimum atomic E-state index is -1.04. The molecule has 17 heavy (non-hydrogen) atoms. The molecule has 2 aromatic rings. The molecule has 0 atom stereocenters. The van der Waals surface area contributed by atoms with Gasteiger partial charge in [0.15, 0.2) is 5.15 Å². The maximum absolute atomic E-state index is 11.1. The van der Waals surface area contributed by atoms with E-state index < -0.39 is 5.97 Å². The van der Waals surface area contributed by atoms with Gasteiger partial charge in [0.25, 0.3) is 0 Å². The summed E-state index contributed by atoms with van der Waals surface area (Å²) in [4.78, 5) is 11.7. The second-order valence-corrected chi connectivity index (χ2v) is 4.93. The minimum absolute atomic E-state index is 0.0532. The van der Waals surface area contributed by atoms with E-state index in [4.69, 9.17) is 16.7 Å². The van der Waals surface area contributed by atoms with Crippen molar-refractivity contribution < 1.29 is 9.90 Å². The molecule has 1 N–H and O–H groups in total. The van der Waals surface area contributed by atoms with Crippen LogP contribution >= 0.6 is 23.1 Å². The standard InChI is InChI=1S/C12H10ClNO2S/c1-6-3-4-8(7(2)5-6)10-9(12(15)16)11(13)14-17-10/h3-5H,1-2H3,(H,15,16). The van der Waals surface area contributed by atoms with Crippen molar-refractivity contribution in [3.05, 3.63) is 40.0 Å². The van der Waals surface area contributed by atoms with E-state index in [0.29, 0.717) is 4.88 Å². The fraction of sp³-hybridized carbons (Fsp3) is 0.167. The Bertz CT molecular complexity index is 592. The number of nitrogens with zero attached hydrogens (tertiary/aromatic N) is 1. The van der Waals surface area contributed by atoms with E-state index >= 15 is 0 Å². The van der Waals surface area contributed by atoms with Crippen LogP contribution in [0.1, 0.15) is 21.5 Å². The fourth-order valence-electron chi connectivity index (χ4n) is 1.71. The average Bonchev–Trinajstić information content (AvgIpc) is 2.60. The van der Waals surface area contributed by atoms with Crippen molar-refractivity contribution in [3.8, 4) is 10.4 Å². The van der Waals surface area contributed by atoms with Crippen LogP contribution in [-0.4, -0.2) is 15.4 Å². The SMILES string of the molecule is Cc1ccc(-c2snc(Cl)c2C(=O)O)c(C)c1. The summed E-state index contributed by atoms with van der Waals surface area (Å²) >= 11 is 6.91. The number of carboxylic acids is 1. The first kappa shape index (κ1) is 12.1. The zero-order valence-corrected chi connectivity index (χ0v) is 10.9. The predicted octanol–water partition coefficient (Wildman–Crippen LogP) is 3.78.